The molecule has 5 aromatic rings. The molecule has 0 heteroatoms. The van der Waals surface area contributed by atoms with Gasteiger partial charge in [-0.2, -0.15) is 0 Å². The topological polar surface area (TPSA) is 0 Å². The lowest BCUT2D eigenvalue weighted by molar-refractivity contribution is 0.602. The maximum Gasteiger partial charge on any atom is 0.0161 e. The summed E-state index contributed by atoms with van der Waals surface area (Å²) in [7, 11) is 0. The SMILES string of the molecule is Cc1cc2c3c4c5c(c(C)cc6c5c5c3c1C(C)(C)c1cccc(c1-5)C6(C)C)C(C)(C)c1cccc(c1-4)C2(C)C. The van der Waals surface area contributed by atoms with E-state index in [0.717, 1.165) is 0 Å². The highest BCUT2D eigenvalue weighted by molar-refractivity contribution is 6.29. The number of benzene rings is 5. The molecule has 0 saturated carbocycles. The van der Waals surface area contributed by atoms with Crippen LogP contribution in [0.15, 0.2) is 48.5 Å². The van der Waals surface area contributed by atoms with Crippen LogP contribution in [0, 0.1) is 13.8 Å². The quantitative estimate of drug-likeness (QED) is 0.179. The number of hydrogen-bond acceptors (Lipinski definition) is 0. The lowest BCUT2D eigenvalue weighted by Crippen LogP contribution is -2.36. The molecule has 0 fully saturated rings. The van der Waals surface area contributed by atoms with Gasteiger partial charge in [0.25, 0.3) is 0 Å². The number of rotatable bonds is 0. The zero-order chi connectivity index (χ0) is 28.0. The summed E-state index contributed by atoms with van der Waals surface area (Å²) in [6.45, 7) is 24.6. The Hall–Kier alpha value is -3.38. The highest BCUT2D eigenvalue weighted by Crippen LogP contribution is 2.67. The summed E-state index contributed by atoms with van der Waals surface area (Å²) < 4.78 is 0. The number of hydrogen-bond donors (Lipinski definition) is 0. The fourth-order valence-corrected chi connectivity index (χ4v) is 10.3. The molecule has 0 atom stereocenters. The average molecular weight is 519 g/mol. The normalized spacial score (nSPS) is 20.1. The first-order valence-electron chi connectivity index (χ1n) is 15.1. The summed E-state index contributed by atoms with van der Waals surface area (Å²) in [6.07, 6.45) is 0. The van der Waals surface area contributed by atoms with Gasteiger partial charge >= 0.3 is 0 Å². The van der Waals surface area contributed by atoms with Gasteiger partial charge in [-0.25, -0.2) is 0 Å². The van der Waals surface area contributed by atoms with Crippen molar-refractivity contribution in [3.8, 4) is 22.3 Å². The zero-order valence-corrected chi connectivity index (χ0v) is 25.6. The van der Waals surface area contributed by atoms with Gasteiger partial charge in [0.2, 0.25) is 0 Å². The van der Waals surface area contributed by atoms with Crippen LogP contribution in [-0.2, 0) is 21.7 Å². The molecule has 0 nitrogen and oxygen atoms in total. The van der Waals surface area contributed by atoms with Gasteiger partial charge in [0.1, 0.15) is 0 Å². The Morgan fingerprint density at radius 2 is 0.700 bits per heavy atom. The van der Waals surface area contributed by atoms with Crippen molar-refractivity contribution >= 4 is 21.5 Å². The van der Waals surface area contributed by atoms with Crippen LogP contribution in [0.3, 0.4) is 0 Å². The van der Waals surface area contributed by atoms with Crippen LogP contribution >= 0.6 is 0 Å². The van der Waals surface area contributed by atoms with Crippen molar-refractivity contribution in [1.82, 2.24) is 0 Å². The average Bonchev–Trinajstić information content (AvgIpc) is 2.88. The Balaban J connectivity index is 1.75. The van der Waals surface area contributed by atoms with Crippen molar-refractivity contribution in [3.63, 3.8) is 0 Å². The molecule has 5 aromatic carbocycles. The van der Waals surface area contributed by atoms with Gasteiger partial charge in [0, 0.05) is 21.7 Å². The van der Waals surface area contributed by atoms with E-state index in [2.05, 4.69) is 118 Å². The van der Waals surface area contributed by atoms with Crippen LogP contribution in [0.5, 0.6) is 0 Å². The largest absolute Gasteiger partial charge is 0.0616 e. The van der Waals surface area contributed by atoms with Gasteiger partial charge in [0.15, 0.2) is 0 Å². The molecule has 0 aromatic heterocycles. The van der Waals surface area contributed by atoms with Gasteiger partial charge in [0.05, 0.1) is 0 Å². The summed E-state index contributed by atoms with van der Waals surface area (Å²) in [5, 5.41) is 6.16. The highest BCUT2D eigenvalue weighted by Gasteiger charge is 2.50. The molecular weight excluding hydrogens is 480 g/mol. The molecule has 0 radical (unpaired) electrons. The molecule has 40 heavy (non-hydrogen) atoms. The second-order valence-corrected chi connectivity index (χ2v) is 15.4. The second kappa shape index (κ2) is 6.25. The molecule has 0 N–H and O–H groups in total. The monoisotopic (exact) mass is 518 g/mol. The van der Waals surface area contributed by atoms with E-state index in [-0.39, 0.29) is 21.7 Å². The van der Waals surface area contributed by atoms with E-state index < -0.39 is 0 Å². The van der Waals surface area contributed by atoms with Crippen molar-refractivity contribution in [1.29, 1.82) is 0 Å². The third-order valence-electron chi connectivity index (χ3n) is 12.0. The van der Waals surface area contributed by atoms with Crippen molar-refractivity contribution in [2.75, 3.05) is 0 Å². The van der Waals surface area contributed by atoms with Crippen molar-refractivity contribution < 1.29 is 0 Å². The lowest BCUT2D eigenvalue weighted by atomic mass is 9.53. The van der Waals surface area contributed by atoms with E-state index in [1.54, 1.807) is 21.9 Å². The summed E-state index contributed by atoms with van der Waals surface area (Å²) in [6, 6.07) is 19.5. The van der Waals surface area contributed by atoms with Crippen LogP contribution in [-0.4, -0.2) is 0 Å². The molecule has 0 saturated heterocycles. The predicted molar refractivity (Wildman–Crippen MR) is 170 cm³/mol. The second-order valence-electron chi connectivity index (χ2n) is 15.4. The molecule has 0 amide bonds. The molecule has 4 aliphatic rings. The van der Waals surface area contributed by atoms with Crippen LogP contribution in [0.4, 0.5) is 0 Å². The lowest BCUT2D eigenvalue weighted by Gasteiger charge is -2.49. The minimum Gasteiger partial charge on any atom is -0.0616 e. The van der Waals surface area contributed by atoms with Crippen LogP contribution in [0.2, 0.25) is 0 Å². The summed E-state index contributed by atoms with van der Waals surface area (Å²) >= 11 is 0. The van der Waals surface area contributed by atoms with Gasteiger partial charge in [-0.15, -0.1) is 0 Å². The Labute approximate surface area is 238 Å². The third kappa shape index (κ3) is 2.10. The summed E-state index contributed by atoms with van der Waals surface area (Å²) in [5.74, 6) is 0. The van der Waals surface area contributed by atoms with Gasteiger partial charge < -0.3 is 0 Å². The predicted octanol–water partition coefficient (Wildman–Crippen LogP) is 10.5. The Morgan fingerprint density at radius 3 is 1.05 bits per heavy atom. The smallest absolute Gasteiger partial charge is 0.0161 e. The van der Waals surface area contributed by atoms with E-state index in [4.69, 9.17) is 0 Å². The zero-order valence-electron chi connectivity index (χ0n) is 25.6. The minimum absolute atomic E-state index is 0.0691. The fourth-order valence-electron chi connectivity index (χ4n) is 10.3. The molecule has 0 bridgehead atoms. The van der Waals surface area contributed by atoms with E-state index in [9.17, 15) is 0 Å². The van der Waals surface area contributed by atoms with E-state index >= 15 is 0 Å². The molecule has 0 spiro atoms. The van der Waals surface area contributed by atoms with E-state index in [0.29, 0.717) is 0 Å². The van der Waals surface area contributed by atoms with E-state index in [1.807, 2.05) is 0 Å². The Kier molecular flexibility index (Phi) is 3.65. The molecular formula is C40H38. The van der Waals surface area contributed by atoms with Crippen LogP contribution < -0.4 is 0 Å². The molecule has 198 valence electrons. The van der Waals surface area contributed by atoms with Gasteiger partial charge in [-0.05, 0) is 113 Å². The molecule has 0 heterocycles. The number of aryl methyl sites for hydroxylation is 2. The molecule has 0 unspecified atom stereocenters. The van der Waals surface area contributed by atoms with Crippen molar-refractivity contribution in [3.05, 3.63) is 104 Å². The summed E-state index contributed by atoms with van der Waals surface area (Å²) in [4.78, 5) is 0. The first-order chi connectivity index (χ1) is 18.7. The van der Waals surface area contributed by atoms with E-state index in [1.165, 1.54) is 77.5 Å². The van der Waals surface area contributed by atoms with Gasteiger partial charge in [-0.3, -0.25) is 0 Å². The first-order valence-corrected chi connectivity index (χ1v) is 15.1. The maximum absolute atomic E-state index is 2.57. The van der Waals surface area contributed by atoms with Gasteiger partial charge in [-0.1, -0.05) is 104 Å². The summed E-state index contributed by atoms with van der Waals surface area (Å²) in [5.41, 5.74) is 20.8. The maximum atomic E-state index is 2.57. The standard InChI is InChI=1S/C40H38/c1-19-17-25-29-32-28-21(37(25,3)4)13-12-16-24(28)40(9,10)36-20(2)18-26-30(34(32)36)31-27-22(38(26,5)6)14-11-15-23(27)39(7,8)35(19)33(29)31/h11-18H,1-10H3. The fraction of sp³-hybridized carbons (Fsp3) is 0.350. The Morgan fingerprint density at radius 1 is 0.375 bits per heavy atom. The van der Waals surface area contributed by atoms with Crippen LogP contribution in [0.1, 0.15) is 111 Å². The highest BCUT2D eigenvalue weighted by atomic mass is 14.5. The molecule has 9 rings (SSSR count). The minimum atomic E-state index is -0.0693. The molecule has 4 aliphatic carbocycles. The van der Waals surface area contributed by atoms with Crippen molar-refractivity contribution in [2.45, 2.75) is 90.9 Å². The van der Waals surface area contributed by atoms with Crippen molar-refractivity contribution in [2.24, 2.45) is 0 Å². The third-order valence-corrected chi connectivity index (χ3v) is 12.0. The molecule has 0 aliphatic heterocycles. The van der Waals surface area contributed by atoms with Crippen LogP contribution in [0.25, 0.3) is 43.8 Å². The first kappa shape index (κ1) is 23.3. The Bertz CT molecular complexity index is 1950.